The zero-order chi connectivity index (χ0) is 16.2. The van der Waals surface area contributed by atoms with Crippen LogP contribution in [0.4, 0.5) is 10.5 Å². The molecule has 0 aliphatic carbocycles. The Labute approximate surface area is 135 Å². The summed E-state index contributed by atoms with van der Waals surface area (Å²) < 4.78 is 5.41. The number of nitrogens with one attached hydrogen (secondary N) is 2. The van der Waals surface area contributed by atoms with Crippen molar-refractivity contribution in [2.24, 2.45) is 0 Å². The number of methoxy groups -OCH3 is 1. The first-order valence-corrected chi connectivity index (χ1v) is 7.88. The predicted octanol–water partition coefficient (Wildman–Crippen LogP) is 2.14. The molecule has 3 rings (SSSR count). The van der Waals surface area contributed by atoms with E-state index in [9.17, 15) is 4.79 Å². The number of rotatable bonds is 3. The number of pyridine rings is 1. The van der Waals surface area contributed by atoms with E-state index in [-0.39, 0.29) is 12.1 Å². The highest BCUT2D eigenvalue weighted by Crippen LogP contribution is 2.32. The summed E-state index contributed by atoms with van der Waals surface area (Å²) in [4.78, 5) is 18.2. The highest BCUT2D eigenvalue weighted by molar-refractivity contribution is 5.95. The third-order valence-electron chi connectivity index (χ3n) is 4.33. The second-order valence-electron chi connectivity index (χ2n) is 5.67. The molecule has 0 bridgehead atoms. The summed E-state index contributed by atoms with van der Waals surface area (Å²) in [7, 11) is 3.31. The molecule has 2 heterocycles. The number of carbonyl (C=O) groups excluding carboxylic acids is 1. The van der Waals surface area contributed by atoms with Crippen molar-refractivity contribution in [3.8, 4) is 5.75 Å². The van der Waals surface area contributed by atoms with Crippen LogP contribution < -0.4 is 20.3 Å². The minimum absolute atomic E-state index is 0.109. The van der Waals surface area contributed by atoms with Crippen molar-refractivity contribution in [2.75, 3.05) is 32.1 Å². The number of carbonyl (C=O) groups is 1. The van der Waals surface area contributed by atoms with Gasteiger partial charge in [-0.2, -0.15) is 0 Å². The minimum Gasteiger partial charge on any atom is -0.494 e. The topological polar surface area (TPSA) is 66.5 Å². The Morgan fingerprint density at radius 1 is 1.30 bits per heavy atom. The van der Waals surface area contributed by atoms with Crippen LogP contribution in [0.2, 0.25) is 0 Å². The van der Waals surface area contributed by atoms with Gasteiger partial charge in [-0.3, -0.25) is 4.98 Å². The van der Waals surface area contributed by atoms with Crippen molar-refractivity contribution in [1.82, 2.24) is 15.6 Å². The predicted molar refractivity (Wildman–Crippen MR) is 91.1 cm³/mol. The quantitative estimate of drug-likeness (QED) is 0.911. The lowest BCUT2D eigenvalue weighted by atomic mass is 10.0. The lowest BCUT2D eigenvalue weighted by Gasteiger charge is -2.34. The van der Waals surface area contributed by atoms with Gasteiger partial charge in [0.2, 0.25) is 0 Å². The van der Waals surface area contributed by atoms with Crippen LogP contribution in [0.5, 0.6) is 5.75 Å². The van der Waals surface area contributed by atoms with E-state index in [0.29, 0.717) is 0 Å². The van der Waals surface area contributed by atoms with Crippen molar-refractivity contribution >= 4 is 22.6 Å². The van der Waals surface area contributed by atoms with E-state index < -0.39 is 0 Å². The number of benzene rings is 1. The molecule has 23 heavy (non-hydrogen) atoms. The maximum absolute atomic E-state index is 11.4. The van der Waals surface area contributed by atoms with Crippen LogP contribution in [-0.2, 0) is 0 Å². The summed E-state index contributed by atoms with van der Waals surface area (Å²) in [5, 5.41) is 6.69. The van der Waals surface area contributed by atoms with Crippen LogP contribution in [-0.4, -0.2) is 44.3 Å². The Morgan fingerprint density at radius 2 is 2.09 bits per heavy atom. The Kier molecular flexibility index (Phi) is 4.50. The molecule has 2 aromatic rings. The number of anilines is 1. The maximum Gasteiger partial charge on any atom is 0.314 e. The van der Waals surface area contributed by atoms with Gasteiger partial charge in [0, 0.05) is 43.4 Å². The molecule has 1 aromatic heterocycles. The molecule has 1 aromatic carbocycles. The number of piperidine rings is 1. The van der Waals surface area contributed by atoms with E-state index in [1.165, 1.54) is 5.69 Å². The lowest BCUT2D eigenvalue weighted by Crippen LogP contribution is -2.47. The average Bonchev–Trinajstić information content (AvgIpc) is 2.61. The molecule has 2 N–H and O–H groups in total. The van der Waals surface area contributed by atoms with Crippen LogP contribution in [0.3, 0.4) is 0 Å². The number of fused-ring (bicyclic) bond motifs is 1. The molecule has 6 heteroatoms. The lowest BCUT2D eigenvalue weighted by molar-refractivity contribution is 0.236. The number of hydrogen-bond acceptors (Lipinski definition) is 4. The second kappa shape index (κ2) is 6.73. The van der Waals surface area contributed by atoms with E-state index in [0.717, 1.165) is 42.6 Å². The summed E-state index contributed by atoms with van der Waals surface area (Å²) in [5.74, 6) is 0.792. The van der Waals surface area contributed by atoms with Gasteiger partial charge in [0.15, 0.2) is 0 Å². The van der Waals surface area contributed by atoms with Gasteiger partial charge in [0.05, 0.1) is 7.11 Å². The summed E-state index contributed by atoms with van der Waals surface area (Å²) in [6, 6.07) is 8.17. The number of amides is 2. The number of nitrogens with zero attached hydrogens (tertiary/aromatic N) is 2. The fourth-order valence-corrected chi connectivity index (χ4v) is 3.10. The standard InChI is InChI=1S/C17H22N4O2/c1-18-17(22)20-12-7-10-21(11-8-12)14-6-9-19-16-13(14)4-3-5-15(16)23-2/h3-6,9,12H,7-8,10-11H2,1-2H3,(H2,18,20,22). The van der Waals surface area contributed by atoms with Crippen molar-refractivity contribution in [3.05, 3.63) is 30.5 Å². The van der Waals surface area contributed by atoms with Gasteiger partial charge >= 0.3 is 6.03 Å². The van der Waals surface area contributed by atoms with Gasteiger partial charge < -0.3 is 20.3 Å². The molecule has 1 saturated heterocycles. The zero-order valence-electron chi connectivity index (χ0n) is 13.5. The van der Waals surface area contributed by atoms with E-state index in [1.54, 1.807) is 14.2 Å². The summed E-state index contributed by atoms with van der Waals surface area (Å²) in [6.45, 7) is 1.82. The number of para-hydroxylation sites is 1. The summed E-state index contributed by atoms with van der Waals surface area (Å²) in [5.41, 5.74) is 2.06. The molecule has 1 aliphatic rings. The van der Waals surface area contributed by atoms with E-state index in [4.69, 9.17) is 4.74 Å². The van der Waals surface area contributed by atoms with Crippen molar-refractivity contribution in [3.63, 3.8) is 0 Å². The number of hydrogen-bond donors (Lipinski definition) is 2. The fourth-order valence-electron chi connectivity index (χ4n) is 3.10. The Hall–Kier alpha value is -2.50. The third kappa shape index (κ3) is 3.16. The van der Waals surface area contributed by atoms with E-state index in [1.807, 2.05) is 24.4 Å². The normalized spacial score (nSPS) is 15.5. The SMILES string of the molecule is CNC(=O)NC1CCN(c2ccnc3c(OC)cccc23)CC1. The molecule has 6 nitrogen and oxygen atoms in total. The first-order chi connectivity index (χ1) is 11.2. The third-order valence-corrected chi connectivity index (χ3v) is 4.33. The van der Waals surface area contributed by atoms with Crippen LogP contribution in [0.15, 0.2) is 30.5 Å². The highest BCUT2D eigenvalue weighted by Gasteiger charge is 2.22. The first kappa shape index (κ1) is 15.4. The second-order valence-corrected chi connectivity index (χ2v) is 5.67. The minimum atomic E-state index is -0.109. The largest absolute Gasteiger partial charge is 0.494 e. The summed E-state index contributed by atoms with van der Waals surface area (Å²) in [6.07, 6.45) is 3.69. The van der Waals surface area contributed by atoms with Crippen molar-refractivity contribution < 1.29 is 9.53 Å². The molecule has 2 amide bonds. The van der Waals surface area contributed by atoms with Gasteiger partial charge in [-0.15, -0.1) is 0 Å². The van der Waals surface area contributed by atoms with Gasteiger partial charge in [0.25, 0.3) is 0 Å². The molecule has 0 spiro atoms. The Balaban J connectivity index is 1.79. The van der Waals surface area contributed by atoms with Crippen LogP contribution >= 0.6 is 0 Å². The number of ether oxygens (including phenoxy) is 1. The molecule has 0 saturated carbocycles. The van der Waals surface area contributed by atoms with Crippen molar-refractivity contribution in [2.45, 2.75) is 18.9 Å². The van der Waals surface area contributed by atoms with Gasteiger partial charge in [0.1, 0.15) is 11.3 Å². The maximum atomic E-state index is 11.4. The zero-order valence-corrected chi connectivity index (χ0v) is 13.5. The Bertz CT molecular complexity index is 696. The van der Waals surface area contributed by atoms with Crippen LogP contribution in [0.1, 0.15) is 12.8 Å². The first-order valence-electron chi connectivity index (χ1n) is 7.88. The molecule has 1 aliphatic heterocycles. The molecular weight excluding hydrogens is 292 g/mol. The van der Waals surface area contributed by atoms with Gasteiger partial charge in [-0.25, -0.2) is 4.79 Å². The number of urea groups is 1. The fraction of sp³-hybridized carbons (Fsp3) is 0.412. The van der Waals surface area contributed by atoms with Crippen LogP contribution in [0, 0.1) is 0 Å². The Morgan fingerprint density at radius 3 is 2.78 bits per heavy atom. The van der Waals surface area contributed by atoms with Crippen LogP contribution in [0.25, 0.3) is 10.9 Å². The molecule has 0 radical (unpaired) electrons. The number of aromatic nitrogens is 1. The molecule has 0 atom stereocenters. The molecule has 0 unspecified atom stereocenters. The average molecular weight is 314 g/mol. The smallest absolute Gasteiger partial charge is 0.314 e. The van der Waals surface area contributed by atoms with Gasteiger partial charge in [-0.05, 0) is 25.0 Å². The molecule has 122 valence electrons. The molecular formula is C17H22N4O2. The van der Waals surface area contributed by atoms with E-state index in [2.05, 4.69) is 26.6 Å². The van der Waals surface area contributed by atoms with Gasteiger partial charge in [-0.1, -0.05) is 12.1 Å². The molecule has 1 fully saturated rings. The monoisotopic (exact) mass is 314 g/mol. The van der Waals surface area contributed by atoms with Crippen molar-refractivity contribution in [1.29, 1.82) is 0 Å². The summed E-state index contributed by atoms with van der Waals surface area (Å²) >= 11 is 0. The highest BCUT2D eigenvalue weighted by atomic mass is 16.5. The van der Waals surface area contributed by atoms with E-state index >= 15 is 0 Å².